The third kappa shape index (κ3) is 3.25. The summed E-state index contributed by atoms with van der Waals surface area (Å²) in [5.74, 6) is 1.19. The Balaban J connectivity index is 1.34. The summed E-state index contributed by atoms with van der Waals surface area (Å²) in [5.41, 5.74) is 0.250. The third-order valence-corrected chi connectivity index (χ3v) is 8.58. The molecule has 4 amide bonds. The number of imide groups is 1. The average molecular weight is 403 g/mol. The summed E-state index contributed by atoms with van der Waals surface area (Å²) in [6.07, 6.45) is 8.99. The van der Waals surface area contributed by atoms with Crippen molar-refractivity contribution in [3.63, 3.8) is 0 Å². The highest BCUT2D eigenvalue weighted by Crippen LogP contribution is 2.61. The van der Waals surface area contributed by atoms with Crippen LogP contribution in [0.5, 0.6) is 0 Å². The quantitative estimate of drug-likeness (QED) is 0.577. The van der Waals surface area contributed by atoms with Crippen LogP contribution >= 0.6 is 0 Å². The minimum atomic E-state index is -0.558. The molecule has 0 radical (unpaired) electrons. The molecule has 4 saturated carbocycles. The van der Waals surface area contributed by atoms with Crippen molar-refractivity contribution in [1.29, 1.82) is 0 Å². The highest BCUT2D eigenvalue weighted by molar-refractivity contribution is 6.00. The number of rotatable bonds is 4. The van der Waals surface area contributed by atoms with Gasteiger partial charge in [-0.2, -0.15) is 0 Å². The van der Waals surface area contributed by atoms with Gasteiger partial charge in [0.15, 0.2) is 0 Å². The zero-order valence-electron chi connectivity index (χ0n) is 17.5. The van der Waals surface area contributed by atoms with Gasteiger partial charge in [-0.3, -0.25) is 20.2 Å². The van der Waals surface area contributed by atoms with Crippen LogP contribution in [-0.2, 0) is 9.59 Å². The highest BCUT2D eigenvalue weighted by Gasteiger charge is 2.55. The SMILES string of the molecule is CCC(NC(=O)C1CC(C)NC2NC(=O)NC(=O)C21)C12CC3CC(CC(C3)C1)C2. The molecule has 7 heteroatoms. The van der Waals surface area contributed by atoms with Crippen molar-refractivity contribution in [3.8, 4) is 0 Å². The monoisotopic (exact) mass is 402 g/mol. The number of piperidine rings is 1. The number of carbonyl (C=O) groups excluding carboxylic acids is 3. The predicted octanol–water partition coefficient (Wildman–Crippen LogP) is 1.88. The van der Waals surface area contributed by atoms with Crippen LogP contribution in [0.1, 0.15) is 65.2 Å². The lowest BCUT2D eigenvalue weighted by Crippen LogP contribution is -2.70. The molecule has 6 rings (SSSR count). The Morgan fingerprint density at radius 3 is 2.31 bits per heavy atom. The van der Waals surface area contributed by atoms with E-state index in [0.29, 0.717) is 6.42 Å². The fourth-order valence-electron chi connectivity index (χ4n) is 7.92. The van der Waals surface area contributed by atoms with Crippen LogP contribution in [0.2, 0.25) is 0 Å². The minimum Gasteiger partial charge on any atom is -0.353 e. The van der Waals surface area contributed by atoms with Gasteiger partial charge in [-0.05, 0) is 81.5 Å². The number of urea groups is 1. The van der Waals surface area contributed by atoms with E-state index in [1.807, 2.05) is 6.92 Å². The molecule has 5 atom stereocenters. The van der Waals surface area contributed by atoms with Crippen LogP contribution in [0.25, 0.3) is 0 Å². The van der Waals surface area contributed by atoms with Crippen LogP contribution in [0.4, 0.5) is 4.79 Å². The smallest absolute Gasteiger partial charge is 0.322 e. The molecule has 7 nitrogen and oxygen atoms in total. The summed E-state index contributed by atoms with van der Waals surface area (Å²) >= 11 is 0. The molecule has 4 N–H and O–H groups in total. The normalized spacial score (nSPS) is 46.5. The molecule has 0 spiro atoms. The summed E-state index contributed by atoms with van der Waals surface area (Å²) in [5, 5.41) is 11.8. The first-order valence-corrected chi connectivity index (χ1v) is 11.5. The maximum Gasteiger partial charge on any atom is 0.322 e. The van der Waals surface area contributed by atoms with Crippen molar-refractivity contribution in [3.05, 3.63) is 0 Å². The van der Waals surface area contributed by atoms with Crippen LogP contribution in [-0.4, -0.2) is 36.1 Å². The second-order valence-corrected chi connectivity index (χ2v) is 10.6. The number of hydrogen-bond acceptors (Lipinski definition) is 4. The van der Waals surface area contributed by atoms with Crippen LogP contribution in [0.3, 0.4) is 0 Å². The third-order valence-electron chi connectivity index (χ3n) is 8.58. The topological polar surface area (TPSA) is 99.3 Å². The average Bonchev–Trinajstić information content (AvgIpc) is 2.63. The molecule has 0 aromatic heterocycles. The van der Waals surface area contributed by atoms with Gasteiger partial charge in [-0.1, -0.05) is 6.92 Å². The fourth-order valence-corrected chi connectivity index (χ4v) is 7.92. The van der Waals surface area contributed by atoms with Gasteiger partial charge in [-0.15, -0.1) is 0 Å². The van der Waals surface area contributed by atoms with E-state index < -0.39 is 24.0 Å². The molecule has 6 fully saturated rings. The van der Waals surface area contributed by atoms with Gasteiger partial charge in [0.25, 0.3) is 0 Å². The number of carbonyl (C=O) groups is 3. The van der Waals surface area contributed by atoms with Crippen molar-refractivity contribution in [1.82, 2.24) is 21.3 Å². The molecular weight excluding hydrogens is 368 g/mol. The van der Waals surface area contributed by atoms with Gasteiger partial charge in [-0.25, -0.2) is 4.79 Å². The Hall–Kier alpha value is -1.63. The van der Waals surface area contributed by atoms with Crippen LogP contribution in [0, 0.1) is 35.0 Å². The molecule has 4 aliphatic carbocycles. The van der Waals surface area contributed by atoms with Gasteiger partial charge in [0, 0.05) is 12.1 Å². The lowest BCUT2D eigenvalue weighted by molar-refractivity contribution is -0.141. The first-order chi connectivity index (χ1) is 13.9. The maximum atomic E-state index is 13.5. The molecule has 4 bridgehead atoms. The summed E-state index contributed by atoms with van der Waals surface area (Å²) in [7, 11) is 0. The molecule has 2 aliphatic heterocycles. The first kappa shape index (κ1) is 19.3. The van der Waals surface area contributed by atoms with Gasteiger partial charge in [0.2, 0.25) is 11.8 Å². The molecule has 6 aliphatic rings. The first-order valence-electron chi connectivity index (χ1n) is 11.5. The summed E-state index contributed by atoms with van der Waals surface area (Å²) in [6.45, 7) is 4.19. The van der Waals surface area contributed by atoms with E-state index in [1.165, 1.54) is 38.5 Å². The zero-order valence-corrected chi connectivity index (χ0v) is 17.5. The molecule has 2 saturated heterocycles. The number of amides is 4. The molecule has 2 heterocycles. The molecule has 5 unspecified atom stereocenters. The molecule has 29 heavy (non-hydrogen) atoms. The molecule has 160 valence electrons. The van der Waals surface area contributed by atoms with E-state index in [2.05, 4.69) is 28.2 Å². The van der Waals surface area contributed by atoms with E-state index in [4.69, 9.17) is 0 Å². The second-order valence-electron chi connectivity index (χ2n) is 10.6. The number of nitrogens with one attached hydrogen (secondary N) is 4. The zero-order chi connectivity index (χ0) is 20.3. The van der Waals surface area contributed by atoms with Gasteiger partial charge < -0.3 is 10.6 Å². The highest BCUT2D eigenvalue weighted by atomic mass is 16.2. The largest absolute Gasteiger partial charge is 0.353 e. The van der Waals surface area contributed by atoms with Crippen molar-refractivity contribution in [2.75, 3.05) is 0 Å². The Labute approximate surface area is 172 Å². The lowest BCUT2D eigenvalue weighted by Gasteiger charge is -2.59. The van der Waals surface area contributed by atoms with E-state index in [1.54, 1.807) is 0 Å². The van der Waals surface area contributed by atoms with E-state index in [9.17, 15) is 14.4 Å². The van der Waals surface area contributed by atoms with Crippen molar-refractivity contribution in [2.45, 2.75) is 83.5 Å². The Kier molecular flexibility index (Phi) is 4.64. The fraction of sp³-hybridized carbons (Fsp3) is 0.864. The van der Waals surface area contributed by atoms with E-state index in [-0.39, 0.29) is 29.3 Å². The Bertz CT molecular complexity index is 688. The van der Waals surface area contributed by atoms with Crippen molar-refractivity contribution in [2.24, 2.45) is 35.0 Å². The molecular formula is C22H34N4O3. The predicted molar refractivity (Wildman–Crippen MR) is 107 cm³/mol. The summed E-state index contributed by atoms with van der Waals surface area (Å²) in [6, 6.07) is -0.233. The molecule has 0 aromatic carbocycles. The lowest BCUT2D eigenvalue weighted by atomic mass is 9.47. The van der Waals surface area contributed by atoms with Crippen LogP contribution < -0.4 is 21.3 Å². The summed E-state index contributed by atoms with van der Waals surface area (Å²) < 4.78 is 0. The Morgan fingerprint density at radius 2 is 1.72 bits per heavy atom. The number of fused-ring (bicyclic) bond motifs is 1. The van der Waals surface area contributed by atoms with E-state index in [0.717, 1.165) is 24.2 Å². The van der Waals surface area contributed by atoms with E-state index >= 15 is 0 Å². The van der Waals surface area contributed by atoms with Gasteiger partial charge in [0.05, 0.1) is 18.0 Å². The van der Waals surface area contributed by atoms with Gasteiger partial charge >= 0.3 is 6.03 Å². The standard InChI is InChI=1S/C22H34N4O3/c1-3-16(22-8-12-5-13(9-22)7-14(6-12)10-22)24-19(27)15-4-11(2)23-18-17(15)20(28)26-21(29)25-18/h11-18,23H,3-10H2,1-2H3,(H,24,27)(H2,25,26,28,29). The van der Waals surface area contributed by atoms with Gasteiger partial charge in [0.1, 0.15) is 0 Å². The second kappa shape index (κ2) is 6.96. The number of hydrogen-bond donors (Lipinski definition) is 4. The van der Waals surface area contributed by atoms with Crippen molar-refractivity contribution >= 4 is 17.8 Å². The minimum absolute atomic E-state index is 0.0118. The molecule has 0 aromatic rings. The Morgan fingerprint density at radius 1 is 1.10 bits per heavy atom. The maximum absolute atomic E-state index is 13.5. The van der Waals surface area contributed by atoms with Crippen molar-refractivity contribution < 1.29 is 14.4 Å². The van der Waals surface area contributed by atoms with Crippen LogP contribution in [0.15, 0.2) is 0 Å². The summed E-state index contributed by atoms with van der Waals surface area (Å²) in [4.78, 5) is 37.7.